The fourth-order valence-corrected chi connectivity index (χ4v) is 2.95. The third-order valence-corrected chi connectivity index (χ3v) is 4.28. The summed E-state index contributed by atoms with van der Waals surface area (Å²) in [6.45, 7) is 6.47. The molecule has 104 valence electrons. The Labute approximate surface area is 118 Å². The van der Waals surface area contributed by atoms with Crippen molar-refractivity contribution in [3.63, 3.8) is 0 Å². The molecule has 0 amide bonds. The Morgan fingerprint density at radius 2 is 2.32 bits per heavy atom. The third-order valence-electron chi connectivity index (χ3n) is 3.36. The van der Waals surface area contributed by atoms with Gasteiger partial charge in [0.2, 0.25) is 0 Å². The first-order valence-electron chi connectivity index (χ1n) is 6.47. The van der Waals surface area contributed by atoms with Gasteiger partial charge in [0.1, 0.15) is 0 Å². The van der Waals surface area contributed by atoms with E-state index < -0.39 is 0 Å². The van der Waals surface area contributed by atoms with Crippen LogP contribution in [0.2, 0.25) is 0 Å². The van der Waals surface area contributed by atoms with E-state index in [0.29, 0.717) is 6.54 Å². The van der Waals surface area contributed by atoms with Gasteiger partial charge in [0.15, 0.2) is 0 Å². The Morgan fingerprint density at radius 3 is 2.84 bits per heavy atom. The maximum absolute atomic E-state index is 5.93. The zero-order valence-electron chi connectivity index (χ0n) is 11.7. The number of likely N-dealkylation sites (N-methyl/N-ethyl adjacent to an activating group) is 1. The molecular weight excluding hydrogens is 258 g/mol. The van der Waals surface area contributed by atoms with E-state index in [9.17, 15) is 0 Å². The number of hydrogen-bond acceptors (Lipinski definition) is 5. The lowest BCUT2D eigenvalue weighted by Gasteiger charge is -2.25. The number of aromatic nitrogens is 3. The molecule has 0 fully saturated rings. The fraction of sp³-hybridized carbons (Fsp3) is 0.538. The standard InChI is InChI=1S/C13H21N5S/c1-4-18-7-11(6-16-18)12(5-14)17(3)8-13-10(2)15-9-19-13/h6-7,9,12H,4-5,8,14H2,1-3H3. The molecule has 2 aromatic rings. The Bertz CT molecular complexity index is 519. The first-order chi connectivity index (χ1) is 9.15. The Balaban J connectivity index is 2.10. The monoisotopic (exact) mass is 279 g/mol. The maximum atomic E-state index is 5.93. The number of aryl methyl sites for hydroxylation is 2. The van der Waals surface area contributed by atoms with Gasteiger partial charge in [-0.1, -0.05) is 0 Å². The van der Waals surface area contributed by atoms with Gasteiger partial charge >= 0.3 is 0 Å². The summed E-state index contributed by atoms with van der Waals surface area (Å²) in [5.41, 5.74) is 10.1. The van der Waals surface area contributed by atoms with Crippen LogP contribution in [0.5, 0.6) is 0 Å². The molecule has 0 saturated heterocycles. The Hall–Kier alpha value is -1.24. The van der Waals surface area contributed by atoms with Gasteiger partial charge in [-0.2, -0.15) is 5.10 Å². The van der Waals surface area contributed by atoms with Gasteiger partial charge in [-0.25, -0.2) is 4.98 Å². The average molecular weight is 279 g/mol. The second-order valence-electron chi connectivity index (χ2n) is 4.66. The molecule has 2 aromatic heterocycles. The first kappa shape index (κ1) is 14.2. The SMILES string of the molecule is CCn1cc(C(CN)N(C)Cc2scnc2C)cn1. The molecule has 0 aliphatic rings. The Kier molecular flexibility index (Phi) is 4.68. The lowest BCUT2D eigenvalue weighted by atomic mass is 10.1. The van der Waals surface area contributed by atoms with E-state index in [-0.39, 0.29) is 6.04 Å². The van der Waals surface area contributed by atoms with Crippen molar-refractivity contribution in [1.29, 1.82) is 0 Å². The summed E-state index contributed by atoms with van der Waals surface area (Å²) in [7, 11) is 2.10. The minimum absolute atomic E-state index is 0.196. The summed E-state index contributed by atoms with van der Waals surface area (Å²) in [6.07, 6.45) is 3.99. The molecule has 6 heteroatoms. The zero-order valence-corrected chi connectivity index (χ0v) is 12.5. The summed E-state index contributed by atoms with van der Waals surface area (Å²) in [5, 5.41) is 4.33. The van der Waals surface area contributed by atoms with E-state index in [1.165, 1.54) is 10.4 Å². The molecule has 1 atom stereocenters. The topological polar surface area (TPSA) is 60.0 Å². The summed E-state index contributed by atoms with van der Waals surface area (Å²) in [5.74, 6) is 0. The largest absolute Gasteiger partial charge is 0.329 e. The van der Waals surface area contributed by atoms with Crippen molar-refractivity contribution in [3.05, 3.63) is 34.0 Å². The van der Waals surface area contributed by atoms with Crippen molar-refractivity contribution >= 4 is 11.3 Å². The maximum Gasteiger partial charge on any atom is 0.0798 e. The van der Waals surface area contributed by atoms with Gasteiger partial charge in [0.25, 0.3) is 0 Å². The highest BCUT2D eigenvalue weighted by Crippen LogP contribution is 2.22. The molecule has 0 spiro atoms. The smallest absolute Gasteiger partial charge is 0.0798 e. The third kappa shape index (κ3) is 3.20. The van der Waals surface area contributed by atoms with Crippen LogP contribution in [0.1, 0.15) is 29.1 Å². The summed E-state index contributed by atoms with van der Waals surface area (Å²) in [4.78, 5) is 7.85. The van der Waals surface area contributed by atoms with Crippen LogP contribution in [0.15, 0.2) is 17.9 Å². The number of rotatable bonds is 6. The predicted octanol–water partition coefficient (Wildman–Crippen LogP) is 1.80. The molecule has 1 unspecified atom stereocenters. The van der Waals surface area contributed by atoms with Crippen LogP contribution in [0.3, 0.4) is 0 Å². The molecule has 5 nitrogen and oxygen atoms in total. The number of nitrogens with two attached hydrogens (primary N) is 1. The average Bonchev–Trinajstić information content (AvgIpc) is 3.01. The minimum atomic E-state index is 0.196. The lowest BCUT2D eigenvalue weighted by Crippen LogP contribution is -2.29. The first-order valence-corrected chi connectivity index (χ1v) is 7.35. The molecule has 0 aromatic carbocycles. The lowest BCUT2D eigenvalue weighted by molar-refractivity contribution is 0.243. The van der Waals surface area contributed by atoms with Crippen LogP contribution >= 0.6 is 11.3 Å². The molecule has 0 aliphatic heterocycles. The van der Waals surface area contributed by atoms with Crippen LogP contribution in [-0.2, 0) is 13.1 Å². The van der Waals surface area contributed by atoms with E-state index in [0.717, 1.165) is 18.8 Å². The van der Waals surface area contributed by atoms with Crippen LogP contribution in [-0.4, -0.2) is 33.3 Å². The van der Waals surface area contributed by atoms with Gasteiger partial charge in [-0.05, 0) is 20.9 Å². The van der Waals surface area contributed by atoms with E-state index in [1.807, 2.05) is 23.3 Å². The van der Waals surface area contributed by atoms with Crippen LogP contribution in [0.25, 0.3) is 0 Å². The number of hydrogen-bond donors (Lipinski definition) is 1. The molecule has 0 radical (unpaired) electrons. The van der Waals surface area contributed by atoms with Gasteiger partial charge in [-0.3, -0.25) is 9.58 Å². The van der Waals surface area contributed by atoms with Gasteiger partial charge in [0, 0.05) is 36.3 Å². The molecule has 2 N–H and O–H groups in total. The van der Waals surface area contributed by atoms with Gasteiger partial charge in [0.05, 0.1) is 23.4 Å². The van der Waals surface area contributed by atoms with Gasteiger partial charge in [-0.15, -0.1) is 11.3 Å². The van der Waals surface area contributed by atoms with Crippen LogP contribution in [0.4, 0.5) is 0 Å². The van der Waals surface area contributed by atoms with Gasteiger partial charge < -0.3 is 5.73 Å². The van der Waals surface area contributed by atoms with Crippen LogP contribution < -0.4 is 5.73 Å². The molecular formula is C13H21N5S. The van der Waals surface area contributed by atoms with Crippen LogP contribution in [0, 0.1) is 6.92 Å². The normalized spacial score (nSPS) is 13.1. The number of nitrogens with zero attached hydrogens (tertiary/aromatic N) is 4. The molecule has 2 rings (SSSR count). The quantitative estimate of drug-likeness (QED) is 0.876. The molecule has 0 bridgehead atoms. The highest BCUT2D eigenvalue weighted by atomic mass is 32.1. The van der Waals surface area contributed by atoms with Crippen molar-refractivity contribution < 1.29 is 0 Å². The molecule has 2 heterocycles. The van der Waals surface area contributed by atoms with E-state index in [2.05, 4.69) is 35.2 Å². The van der Waals surface area contributed by atoms with Crippen molar-refractivity contribution in [2.24, 2.45) is 5.73 Å². The number of thiazole rings is 1. The summed E-state index contributed by atoms with van der Waals surface area (Å²) in [6, 6.07) is 0.196. The van der Waals surface area contributed by atoms with E-state index in [4.69, 9.17) is 5.73 Å². The van der Waals surface area contributed by atoms with E-state index >= 15 is 0 Å². The zero-order chi connectivity index (χ0) is 13.8. The van der Waals surface area contributed by atoms with Crippen molar-refractivity contribution in [2.45, 2.75) is 33.0 Å². The second kappa shape index (κ2) is 6.27. The molecule has 0 aliphatic carbocycles. The second-order valence-corrected chi connectivity index (χ2v) is 5.60. The van der Waals surface area contributed by atoms with Crippen molar-refractivity contribution in [2.75, 3.05) is 13.6 Å². The highest BCUT2D eigenvalue weighted by molar-refractivity contribution is 7.09. The van der Waals surface area contributed by atoms with Crippen molar-refractivity contribution in [1.82, 2.24) is 19.7 Å². The minimum Gasteiger partial charge on any atom is -0.329 e. The fourth-order valence-electron chi connectivity index (χ4n) is 2.11. The van der Waals surface area contributed by atoms with E-state index in [1.54, 1.807) is 11.3 Å². The molecule has 19 heavy (non-hydrogen) atoms. The summed E-state index contributed by atoms with van der Waals surface area (Å²) >= 11 is 1.70. The summed E-state index contributed by atoms with van der Waals surface area (Å²) < 4.78 is 1.93. The Morgan fingerprint density at radius 1 is 1.53 bits per heavy atom. The van der Waals surface area contributed by atoms with Crippen molar-refractivity contribution in [3.8, 4) is 0 Å². The highest BCUT2D eigenvalue weighted by Gasteiger charge is 2.18. The molecule has 0 saturated carbocycles. The predicted molar refractivity (Wildman–Crippen MR) is 78.0 cm³/mol.